The summed E-state index contributed by atoms with van der Waals surface area (Å²) in [5.41, 5.74) is 0.916. The summed E-state index contributed by atoms with van der Waals surface area (Å²) in [5, 5.41) is 22.4. The molecule has 0 aliphatic carbocycles. The number of aliphatic carboxylic acids is 1. The van der Waals surface area contributed by atoms with Crippen LogP contribution in [0.15, 0.2) is 22.7 Å². The Morgan fingerprint density at radius 3 is 2.75 bits per heavy atom. The molecule has 0 spiro atoms. The fourth-order valence-electron chi connectivity index (χ4n) is 1.31. The van der Waals surface area contributed by atoms with E-state index in [2.05, 4.69) is 31.3 Å². The van der Waals surface area contributed by atoms with Crippen molar-refractivity contribution in [2.45, 2.75) is 6.10 Å². The van der Waals surface area contributed by atoms with E-state index in [1.165, 1.54) is 7.11 Å². The monoisotopic (exact) mass is 341 g/mol. The molecule has 1 aromatic carbocycles. The molecule has 106 valence electrons. The lowest BCUT2D eigenvalue weighted by atomic mass is 10.2. The Labute approximate surface area is 123 Å². The average molecular weight is 342 g/mol. The molecule has 0 aliphatic heterocycles. The predicted molar refractivity (Wildman–Crippen MR) is 74.3 cm³/mol. The molecule has 0 aliphatic rings. The number of carbonyl (C=O) groups is 2. The number of nitrogens with one attached hydrogen (secondary N) is 2. The van der Waals surface area contributed by atoms with Crippen LogP contribution in [0, 0.1) is 11.3 Å². The van der Waals surface area contributed by atoms with Crippen LogP contribution in [0.1, 0.15) is 5.56 Å². The summed E-state index contributed by atoms with van der Waals surface area (Å²) in [7, 11) is 1.25. The van der Waals surface area contributed by atoms with Crippen LogP contribution in [0.2, 0.25) is 0 Å². The van der Waals surface area contributed by atoms with Crippen LogP contribution < -0.4 is 10.6 Å². The van der Waals surface area contributed by atoms with Crippen LogP contribution in [0.5, 0.6) is 0 Å². The smallest absolute Gasteiger partial charge is 0.334 e. The molecular formula is C12H12BrN3O4. The number of nitriles is 1. The SMILES string of the molecule is COC(CNC(=O)Nc1ccc(C#N)cc1Br)C(=O)O. The van der Waals surface area contributed by atoms with Crippen molar-refractivity contribution >= 4 is 33.6 Å². The van der Waals surface area contributed by atoms with Gasteiger partial charge in [-0.15, -0.1) is 0 Å². The number of benzene rings is 1. The van der Waals surface area contributed by atoms with E-state index in [4.69, 9.17) is 10.4 Å². The molecule has 1 unspecified atom stereocenters. The molecule has 1 atom stereocenters. The minimum Gasteiger partial charge on any atom is -0.479 e. The predicted octanol–water partition coefficient (Wildman–Crippen LogP) is 1.54. The molecule has 0 radical (unpaired) electrons. The van der Waals surface area contributed by atoms with Crippen molar-refractivity contribution in [3.8, 4) is 6.07 Å². The molecule has 0 fully saturated rings. The number of rotatable bonds is 5. The van der Waals surface area contributed by atoms with Crippen molar-refractivity contribution in [1.29, 1.82) is 5.26 Å². The first-order chi connectivity index (χ1) is 9.47. The minimum atomic E-state index is -1.16. The molecule has 1 rings (SSSR count). The van der Waals surface area contributed by atoms with Gasteiger partial charge in [0.15, 0.2) is 6.10 Å². The number of halogens is 1. The number of ether oxygens (including phenoxy) is 1. The van der Waals surface area contributed by atoms with E-state index in [1.807, 2.05) is 6.07 Å². The Balaban J connectivity index is 2.59. The highest BCUT2D eigenvalue weighted by Crippen LogP contribution is 2.23. The Morgan fingerprint density at radius 1 is 1.55 bits per heavy atom. The van der Waals surface area contributed by atoms with Gasteiger partial charge in [-0.25, -0.2) is 9.59 Å². The average Bonchev–Trinajstić information content (AvgIpc) is 2.41. The lowest BCUT2D eigenvalue weighted by Gasteiger charge is -2.13. The largest absolute Gasteiger partial charge is 0.479 e. The third kappa shape index (κ3) is 4.53. The number of methoxy groups -OCH3 is 1. The fraction of sp³-hybridized carbons (Fsp3) is 0.250. The van der Waals surface area contributed by atoms with E-state index in [1.54, 1.807) is 18.2 Å². The van der Waals surface area contributed by atoms with Crippen molar-refractivity contribution in [2.75, 3.05) is 19.0 Å². The van der Waals surface area contributed by atoms with Gasteiger partial charge in [-0.05, 0) is 34.1 Å². The quantitative estimate of drug-likeness (QED) is 0.752. The summed E-state index contributed by atoms with van der Waals surface area (Å²) >= 11 is 3.22. The van der Waals surface area contributed by atoms with Gasteiger partial charge in [0.25, 0.3) is 0 Å². The molecule has 7 nitrogen and oxygen atoms in total. The molecular weight excluding hydrogens is 330 g/mol. The minimum absolute atomic E-state index is 0.161. The van der Waals surface area contributed by atoms with E-state index in [9.17, 15) is 9.59 Å². The number of carboxylic acid groups (broad SMARTS) is 1. The third-order valence-corrected chi connectivity index (χ3v) is 3.01. The second kappa shape index (κ2) is 7.47. The number of amides is 2. The summed E-state index contributed by atoms with van der Waals surface area (Å²) in [5.74, 6) is -1.16. The van der Waals surface area contributed by atoms with Crippen molar-refractivity contribution in [3.05, 3.63) is 28.2 Å². The van der Waals surface area contributed by atoms with Crippen molar-refractivity contribution in [2.24, 2.45) is 0 Å². The van der Waals surface area contributed by atoms with Gasteiger partial charge in [-0.2, -0.15) is 5.26 Å². The van der Waals surface area contributed by atoms with Gasteiger partial charge in [0.1, 0.15) is 0 Å². The standard InChI is InChI=1S/C12H12BrN3O4/c1-20-10(11(17)18)6-15-12(19)16-9-3-2-7(5-14)4-8(9)13/h2-4,10H,6H2,1H3,(H,17,18)(H2,15,16,19). The second-order valence-corrected chi connectivity index (χ2v) is 4.56. The van der Waals surface area contributed by atoms with Gasteiger partial charge in [-0.3, -0.25) is 0 Å². The normalized spacial score (nSPS) is 11.2. The number of carbonyl (C=O) groups excluding carboxylic acids is 1. The van der Waals surface area contributed by atoms with Crippen molar-refractivity contribution in [3.63, 3.8) is 0 Å². The molecule has 0 heterocycles. The highest BCUT2D eigenvalue weighted by molar-refractivity contribution is 9.10. The Kier molecular flexibility index (Phi) is 5.96. The van der Waals surface area contributed by atoms with Gasteiger partial charge >= 0.3 is 12.0 Å². The Hall–Kier alpha value is -2.11. The molecule has 0 saturated carbocycles. The number of hydrogen-bond donors (Lipinski definition) is 3. The zero-order valence-corrected chi connectivity index (χ0v) is 12.1. The van der Waals surface area contributed by atoms with Crippen LogP contribution >= 0.6 is 15.9 Å². The first-order valence-corrected chi connectivity index (χ1v) is 6.27. The molecule has 0 saturated heterocycles. The molecule has 20 heavy (non-hydrogen) atoms. The van der Waals surface area contributed by atoms with E-state index in [0.29, 0.717) is 15.7 Å². The van der Waals surface area contributed by atoms with E-state index >= 15 is 0 Å². The number of anilines is 1. The zero-order chi connectivity index (χ0) is 15.1. The lowest BCUT2D eigenvalue weighted by molar-refractivity contribution is -0.147. The maximum absolute atomic E-state index is 11.6. The summed E-state index contributed by atoms with van der Waals surface area (Å²) < 4.78 is 5.23. The second-order valence-electron chi connectivity index (χ2n) is 3.70. The highest BCUT2D eigenvalue weighted by Gasteiger charge is 2.17. The van der Waals surface area contributed by atoms with E-state index in [-0.39, 0.29) is 6.54 Å². The van der Waals surface area contributed by atoms with E-state index in [0.717, 1.165) is 0 Å². The van der Waals surface area contributed by atoms with Gasteiger partial charge in [0.2, 0.25) is 0 Å². The molecule has 0 bridgehead atoms. The van der Waals surface area contributed by atoms with Gasteiger partial charge in [0.05, 0.1) is 23.9 Å². The Bertz CT molecular complexity index is 556. The van der Waals surface area contributed by atoms with Crippen LogP contribution in [-0.4, -0.2) is 36.9 Å². The lowest BCUT2D eigenvalue weighted by Crippen LogP contribution is -2.39. The van der Waals surface area contributed by atoms with Gasteiger partial charge in [0, 0.05) is 11.6 Å². The number of hydrogen-bond acceptors (Lipinski definition) is 4. The van der Waals surface area contributed by atoms with Crippen LogP contribution in [0.4, 0.5) is 10.5 Å². The maximum Gasteiger partial charge on any atom is 0.334 e. The molecule has 8 heteroatoms. The summed E-state index contributed by atoms with van der Waals surface area (Å²) in [4.78, 5) is 22.3. The van der Waals surface area contributed by atoms with Gasteiger partial charge in [-0.1, -0.05) is 0 Å². The fourth-order valence-corrected chi connectivity index (χ4v) is 1.79. The van der Waals surface area contributed by atoms with Crippen molar-refractivity contribution in [1.82, 2.24) is 5.32 Å². The topological polar surface area (TPSA) is 111 Å². The van der Waals surface area contributed by atoms with Crippen LogP contribution in [0.25, 0.3) is 0 Å². The number of urea groups is 1. The molecule has 0 aromatic heterocycles. The first-order valence-electron chi connectivity index (χ1n) is 5.48. The molecule has 3 N–H and O–H groups in total. The summed E-state index contributed by atoms with van der Waals surface area (Å²) in [6, 6.07) is 6.07. The Morgan fingerprint density at radius 2 is 2.25 bits per heavy atom. The molecule has 2 amide bonds. The maximum atomic E-state index is 11.6. The molecule has 1 aromatic rings. The first kappa shape index (κ1) is 15.9. The summed E-state index contributed by atoms with van der Waals surface area (Å²) in [6.07, 6.45) is -1.11. The summed E-state index contributed by atoms with van der Waals surface area (Å²) in [6.45, 7) is -0.161. The zero-order valence-electron chi connectivity index (χ0n) is 10.5. The van der Waals surface area contributed by atoms with Crippen LogP contribution in [-0.2, 0) is 9.53 Å². The highest BCUT2D eigenvalue weighted by atomic mass is 79.9. The number of carboxylic acids is 1. The third-order valence-electron chi connectivity index (χ3n) is 2.35. The van der Waals surface area contributed by atoms with Gasteiger partial charge < -0.3 is 20.5 Å². The number of nitrogens with zero attached hydrogens (tertiary/aromatic N) is 1. The van der Waals surface area contributed by atoms with Crippen LogP contribution in [0.3, 0.4) is 0 Å². The van der Waals surface area contributed by atoms with E-state index < -0.39 is 18.1 Å². The van der Waals surface area contributed by atoms with Crippen molar-refractivity contribution < 1.29 is 19.4 Å².